The van der Waals surface area contributed by atoms with E-state index in [4.69, 9.17) is 0 Å². The minimum atomic E-state index is -0.0903. The Labute approximate surface area is 186 Å². The number of aromatic nitrogens is 1. The molecule has 1 saturated heterocycles. The number of anilines is 1. The van der Waals surface area contributed by atoms with E-state index in [0.29, 0.717) is 12.2 Å². The fraction of sp³-hybridized carbons (Fsp3) is 0.385. The number of carbonyl (C=O) groups excluding carboxylic acids is 1. The minimum Gasteiger partial charge on any atom is -0.369 e. The van der Waals surface area contributed by atoms with Gasteiger partial charge in [-0.3, -0.25) is 9.69 Å². The third kappa shape index (κ3) is 6.05. The lowest BCUT2D eigenvalue weighted by atomic mass is 10.2. The predicted molar refractivity (Wildman–Crippen MR) is 130 cm³/mol. The van der Waals surface area contributed by atoms with Gasteiger partial charge in [-0.15, -0.1) is 0 Å². The number of rotatable bonds is 7. The lowest BCUT2D eigenvalue weighted by molar-refractivity contribution is 0.0948. The molecule has 31 heavy (non-hydrogen) atoms. The first-order chi connectivity index (χ1) is 14.7. The van der Waals surface area contributed by atoms with Crippen molar-refractivity contribution in [1.82, 2.24) is 15.2 Å². The maximum atomic E-state index is 12.4. The van der Waals surface area contributed by atoms with Gasteiger partial charge in [0.1, 0.15) is 5.69 Å². The molecule has 4 rings (SSSR count). The second-order valence-electron chi connectivity index (χ2n) is 8.02. The Morgan fingerprint density at radius 1 is 0.968 bits per heavy atom. The largest absolute Gasteiger partial charge is 0.369 e. The van der Waals surface area contributed by atoms with Crippen LogP contribution in [0.4, 0.5) is 5.69 Å². The summed E-state index contributed by atoms with van der Waals surface area (Å²) in [5.41, 5.74) is 3.99. The van der Waals surface area contributed by atoms with Gasteiger partial charge < -0.3 is 10.2 Å². The molecular formula is C26H34N4O. The number of pyridine rings is 1. The maximum absolute atomic E-state index is 12.4. The van der Waals surface area contributed by atoms with E-state index >= 15 is 0 Å². The molecule has 2 heterocycles. The van der Waals surface area contributed by atoms with Crippen LogP contribution < -0.4 is 10.2 Å². The summed E-state index contributed by atoms with van der Waals surface area (Å²) in [4.78, 5) is 21.8. The summed E-state index contributed by atoms with van der Waals surface area (Å²) in [5.74, 6) is -0.0903. The highest BCUT2D eigenvalue weighted by Gasteiger charge is 2.16. The molecule has 0 atom stereocenters. The van der Waals surface area contributed by atoms with Crippen LogP contribution in [0.5, 0.6) is 0 Å². The first-order valence-electron chi connectivity index (χ1n) is 10.9. The molecule has 1 N–H and O–H groups in total. The number of unbranched alkanes of at least 4 members (excludes halogenated alkanes) is 1. The van der Waals surface area contributed by atoms with Crippen LogP contribution >= 0.6 is 0 Å². The average Bonchev–Trinajstić information content (AvgIpc) is 2.79. The van der Waals surface area contributed by atoms with Crippen molar-refractivity contribution < 1.29 is 4.79 Å². The zero-order chi connectivity index (χ0) is 20.8. The van der Waals surface area contributed by atoms with Gasteiger partial charge in [0, 0.05) is 43.8 Å². The van der Waals surface area contributed by atoms with Gasteiger partial charge in [-0.2, -0.15) is 0 Å². The molecule has 1 aliphatic heterocycles. The van der Waals surface area contributed by atoms with Crippen LogP contribution in [0.25, 0.3) is 10.9 Å². The molecule has 0 saturated carbocycles. The quantitative estimate of drug-likeness (QED) is 0.574. The van der Waals surface area contributed by atoms with Crippen LogP contribution in [0.15, 0.2) is 60.7 Å². The van der Waals surface area contributed by atoms with Gasteiger partial charge in [0.15, 0.2) is 0 Å². The molecule has 1 aliphatic rings. The number of amides is 1. The maximum Gasteiger partial charge on any atom is 0.269 e. The van der Waals surface area contributed by atoms with Crippen LogP contribution in [-0.4, -0.2) is 55.1 Å². The fourth-order valence-corrected chi connectivity index (χ4v) is 4.00. The van der Waals surface area contributed by atoms with E-state index in [0.717, 1.165) is 56.5 Å². The van der Waals surface area contributed by atoms with Crippen LogP contribution in [0.3, 0.4) is 0 Å². The van der Waals surface area contributed by atoms with Gasteiger partial charge in [-0.1, -0.05) is 43.8 Å². The van der Waals surface area contributed by atoms with Crippen LogP contribution in [-0.2, 0) is 0 Å². The predicted octanol–water partition coefficient (Wildman–Crippen LogP) is 4.51. The van der Waals surface area contributed by atoms with E-state index in [1.807, 2.05) is 30.3 Å². The topological polar surface area (TPSA) is 48.5 Å². The fourth-order valence-electron chi connectivity index (χ4n) is 4.00. The van der Waals surface area contributed by atoms with Crippen molar-refractivity contribution in [3.05, 3.63) is 71.9 Å². The monoisotopic (exact) mass is 418 g/mol. The van der Waals surface area contributed by atoms with Crippen molar-refractivity contribution in [3.63, 3.8) is 0 Å². The molecule has 0 spiro atoms. The standard InChI is InChI=1S/C25H30N4O.CH4/c1-20-7-6-9-22(19-20)29-17-15-28(16-18-29)14-5-4-13-26-25(30)24-12-11-21-8-2-3-10-23(21)27-24;/h2-3,6-12,19H,4-5,13-18H2,1H3,(H,26,30);1H4. The van der Waals surface area contributed by atoms with E-state index in [2.05, 4.69) is 51.3 Å². The highest BCUT2D eigenvalue weighted by Crippen LogP contribution is 2.18. The number of aryl methyl sites for hydroxylation is 1. The Bertz CT molecular complexity index is 995. The minimum absolute atomic E-state index is 0. The van der Waals surface area contributed by atoms with E-state index < -0.39 is 0 Å². The highest BCUT2D eigenvalue weighted by molar-refractivity contribution is 5.94. The first kappa shape index (κ1) is 22.8. The summed E-state index contributed by atoms with van der Waals surface area (Å²) in [7, 11) is 0. The molecule has 2 aromatic carbocycles. The SMILES string of the molecule is C.Cc1cccc(N2CCN(CCCCNC(=O)c3ccc4ccccc4n3)CC2)c1. The lowest BCUT2D eigenvalue weighted by Crippen LogP contribution is -2.46. The third-order valence-electron chi connectivity index (χ3n) is 5.76. The van der Waals surface area contributed by atoms with E-state index in [1.165, 1.54) is 11.3 Å². The molecule has 5 nitrogen and oxygen atoms in total. The molecule has 1 amide bonds. The second kappa shape index (κ2) is 10.9. The molecule has 0 bridgehead atoms. The number of para-hydroxylation sites is 1. The van der Waals surface area contributed by atoms with Gasteiger partial charge in [0.25, 0.3) is 5.91 Å². The summed E-state index contributed by atoms with van der Waals surface area (Å²) >= 11 is 0. The Kier molecular flexibility index (Phi) is 8.01. The normalized spacial score (nSPS) is 14.3. The van der Waals surface area contributed by atoms with Crippen molar-refractivity contribution in [2.75, 3.05) is 44.2 Å². The first-order valence-corrected chi connectivity index (χ1v) is 10.9. The lowest BCUT2D eigenvalue weighted by Gasteiger charge is -2.36. The van der Waals surface area contributed by atoms with Crippen LogP contribution in [0.1, 0.15) is 36.3 Å². The van der Waals surface area contributed by atoms with Crippen LogP contribution in [0.2, 0.25) is 0 Å². The third-order valence-corrected chi connectivity index (χ3v) is 5.76. The summed E-state index contributed by atoms with van der Waals surface area (Å²) in [6.45, 7) is 8.28. The Hall–Kier alpha value is -2.92. The number of carbonyl (C=O) groups is 1. The van der Waals surface area contributed by atoms with E-state index in [1.54, 1.807) is 6.07 Å². The number of hydrogen-bond donors (Lipinski definition) is 1. The number of hydrogen-bond acceptors (Lipinski definition) is 4. The zero-order valence-electron chi connectivity index (χ0n) is 17.7. The van der Waals surface area contributed by atoms with Crippen molar-refractivity contribution in [2.24, 2.45) is 0 Å². The molecular weight excluding hydrogens is 384 g/mol. The molecule has 0 radical (unpaired) electrons. The van der Waals surface area contributed by atoms with Crippen molar-refractivity contribution in [1.29, 1.82) is 0 Å². The van der Waals surface area contributed by atoms with Crippen molar-refractivity contribution in [2.45, 2.75) is 27.2 Å². The molecule has 0 unspecified atom stereocenters. The van der Waals surface area contributed by atoms with E-state index in [9.17, 15) is 4.79 Å². The van der Waals surface area contributed by atoms with Gasteiger partial charge in [-0.05, 0) is 56.1 Å². The Morgan fingerprint density at radius 3 is 2.58 bits per heavy atom. The van der Waals surface area contributed by atoms with Gasteiger partial charge >= 0.3 is 0 Å². The summed E-state index contributed by atoms with van der Waals surface area (Å²) in [6.07, 6.45) is 2.08. The number of benzene rings is 2. The summed E-state index contributed by atoms with van der Waals surface area (Å²) in [6, 6.07) is 20.4. The highest BCUT2D eigenvalue weighted by atomic mass is 16.1. The number of nitrogens with one attached hydrogen (secondary N) is 1. The van der Waals surface area contributed by atoms with Crippen LogP contribution in [0, 0.1) is 6.92 Å². The van der Waals surface area contributed by atoms with Gasteiger partial charge in [0.05, 0.1) is 5.52 Å². The summed E-state index contributed by atoms with van der Waals surface area (Å²) < 4.78 is 0. The number of piperazine rings is 1. The molecule has 3 aromatic rings. The van der Waals surface area contributed by atoms with Gasteiger partial charge in [0.2, 0.25) is 0 Å². The summed E-state index contributed by atoms with van der Waals surface area (Å²) in [5, 5.41) is 4.06. The molecule has 1 fully saturated rings. The molecule has 1 aromatic heterocycles. The Morgan fingerprint density at radius 2 is 1.77 bits per heavy atom. The van der Waals surface area contributed by atoms with Gasteiger partial charge in [-0.25, -0.2) is 4.98 Å². The Balaban J connectivity index is 0.00000272. The smallest absolute Gasteiger partial charge is 0.269 e. The molecule has 0 aliphatic carbocycles. The average molecular weight is 419 g/mol. The molecule has 5 heteroatoms. The zero-order valence-corrected chi connectivity index (χ0v) is 17.7. The van der Waals surface area contributed by atoms with E-state index in [-0.39, 0.29) is 13.3 Å². The number of fused-ring (bicyclic) bond motifs is 1. The van der Waals surface area contributed by atoms with Crippen molar-refractivity contribution in [3.8, 4) is 0 Å². The molecule has 164 valence electrons. The van der Waals surface area contributed by atoms with Crippen molar-refractivity contribution >= 4 is 22.5 Å². The second-order valence-corrected chi connectivity index (χ2v) is 8.02. The number of nitrogens with zero attached hydrogens (tertiary/aromatic N) is 3.